The zero-order valence-corrected chi connectivity index (χ0v) is 12.3. The number of likely N-dealkylation sites (tertiary alicyclic amines) is 1. The van der Waals surface area contributed by atoms with Gasteiger partial charge in [-0.2, -0.15) is 0 Å². The minimum Gasteiger partial charge on any atom is -0.389 e. The van der Waals surface area contributed by atoms with Crippen LogP contribution in [0.25, 0.3) is 0 Å². The van der Waals surface area contributed by atoms with Crippen LogP contribution < -0.4 is 0 Å². The third-order valence-corrected chi connectivity index (χ3v) is 3.55. The lowest BCUT2D eigenvalue weighted by Gasteiger charge is -2.32. The molecule has 106 valence electrons. The van der Waals surface area contributed by atoms with E-state index in [-0.39, 0.29) is 11.9 Å². The first-order chi connectivity index (χ1) is 8.31. The first-order valence-electron chi connectivity index (χ1n) is 7.03. The summed E-state index contributed by atoms with van der Waals surface area (Å²) in [5.41, 5.74) is -0.830. The third kappa shape index (κ3) is 4.94. The number of amides is 1. The fourth-order valence-corrected chi connectivity index (χ4v) is 2.62. The van der Waals surface area contributed by atoms with E-state index in [2.05, 4.69) is 4.90 Å². The van der Waals surface area contributed by atoms with E-state index in [1.165, 1.54) is 25.7 Å². The molecular formula is C14H28N2O2. The number of hydrogen-bond acceptors (Lipinski definition) is 3. The fraction of sp³-hybridized carbons (Fsp3) is 0.929. The minimum absolute atomic E-state index is 0.0737. The van der Waals surface area contributed by atoms with Gasteiger partial charge in [0.2, 0.25) is 5.91 Å². The number of aliphatic hydroxyl groups is 1. The highest BCUT2D eigenvalue weighted by atomic mass is 16.3. The summed E-state index contributed by atoms with van der Waals surface area (Å²) in [5, 5.41) is 9.77. The molecule has 0 aliphatic carbocycles. The molecule has 0 aromatic carbocycles. The van der Waals surface area contributed by atoms with Crippen molar-refractivity contribution in [3.05, 3.63) is 0 Å². The van der Waals surface area contributed by atoms with E-state index in [1.54, 1.807) is 25.8 Å². The lowest BCUT2D eigenvalue weighted by molar-refractivity contribution is -0.137. The van der Waals surface area contributed by atoms with Crippen molar-refractivity contribution >= 4 is 5.91 Å². The molecule has 4 nitrogen and oxygen atoms in total. The molecule has 1 atom stereocenters. The molecule has 0 saturated carbocycles. The van der Waals surface area contributed by atoms with Crippen molar-refractivity contribution < 1.29 is 9.90 Å². The molecule has 1 aliphatic rings. The average molecular weight is 256 g/mol. The Morgan fingerprint density at radius 3 is 2.22 bits per heavy atom. The molecule has 0 bridgehead atoms. The van der Waals surface area contributed by atoms with E-state index in [0.717, 1.165) is 13.1 Å². The third-order valence-electron chi connectivity index (χ3n) is 3.55. The molecule has 1 heterocycles. The van der Waals surface area contributed by atoms with E-state index >= 15 is 0 Å². The van der Waals surface area contributed by atoms with Crippen molar-refractivity contribution in [2.24, 2.45) is 0 Å². The van der Waals surface area contributed by atoms with Crippen LogP contribution in [0, 0.1) is 0 Å². The summed E-state index contributed by atoms with van der Waals surface area (Å²) in [6.45, 7) is 7.85. The van der Waals surface area contributed by atoms with Gasteiger partial charge in [-0.1, -0.05) is 12.8 Å². The van der Waals surface area contributed by atoms with Crippen molar-refractivity contribution in [3.8, 4) is 0 Å². The van der Waals surface area contributed by atoms with Gasteiger partial charge in [0.25, 0.3) is 0 Å². The Balaban J connectivity index is 2.53. The number of carbonyl (C=O) groups is 1. The quantitative estimate of drug-likeness (QED) is 0.828. The second-order valence-corrected chi connectivity index (χ2v) is 6.13. The van der Waals surface area contributed by atoms with E-state index in [4.69, 9.17) is 0 Å². The van der Waals surface area contributed by atoms with Crippen LogP contribution in [0.4, 0.5) is 0 Å². The summed E-state index contributed by atoms with van der Waals surface area (Å²) < 4.78 is 0. The number of hydrogen-bond donors (Lipinski definition) is 1. The topological polar surface area (TPSA) is 43.8 Å². The standard InChI is InChI=1S/C14H28N2O2/c1-12(16-9-7-5-6-8-10-16)13(17)15(4)11-14(2,3)18/h12,18H,5-11H2,1-4H3. The zero-order chi connectivity index (χ0) is 13.8. The maximum absolute atomic E-state index is 12.3. The monoisotopic (exact) mass is 256 g/mol. The summed E-state index contributed by atoms with van der Waals surface area (Å²) >= 11 is 0. The Kier molecular flexibility index (Phi) is 5.60. The predicted molar refractivity (Wildman–Crippen MR) is 73.4 cm³/mol. The smallest absolute Gasteiger partial charge is 0.239 e. The maximum Gasteiger partial charge on any atom is 0.239 e. The molecule has 0 aromatic rings. The Bertz CT molecular complexity index is 265. The summed E-state index contributed by atoms with van der Waals surface area (Å²) in [6, 6.07) is -0.0737. The number of nitrogens with zero attached hydrogens (tertiary/aromatic N) is 2. The molecular weight excluding hydrogens is 228 g/mol. The molecule has 1 rings (SSSR count). The molecule has 18 heavy (non-hydrogen) atoms. The summed E-state index contributed by atoms with van der Waals surface area (Å²) in [6.07, 6.45) is 4.92. The molecule has 1 amide bonds. The van der Waals surface area contributed by atoms with Gasteiger partial charge >= 0.3 is 0 Å². The van der Waals surface area contributed by atoms with E-state index in [9.17, 15) is 9.90 Å². The number of rotatable bonds is 4. The second-order valence-electron chi connectivity index (χ2n) is 6.13. The highest BCUT2D eigenvalue weighted by molar-refractivity contribution is 5.81. The van der Waals surface area contributed by atoms with Gasteiger partial charge in [-0.3, -0.25) is 9.69 Å². The molecule has 1 N–H and O–H groups in total. The highest BCUT2D eigenvalue weighted by Gasteiger charge is 2.27. The zero-order valence-electron chi connectivity index (χ0n) is 12.3. The summed E-state index contributed by atoms with van der Waals surface area (Å²) in [7, 11) is 1.77. The van der Waals surface area contributed by atoms with Gasteiger partial charge in [0.05, 0.1) is 11.6 Å². The van der Waals surface area contributed by atoms with Crippen LogP contribution in [0.1, 0.15) is 46.5 Å². The molecule has 1 unspecified atom stereocenters. The van der Waals surface area contributed by atoms with Gasteiger partial charge < -0.3 is 10.0 Å². The van der Waals surface area contributed by atoms with Crippen LogP contribution in [0.2, 0.25) is 0 Å². The van der Waals surface area contributed by atoms with Crippen molar-refractivity contribution in [3.63, 3.8) is 0 Å². The van der Waals surface area contributed by atoms with Gasteiger partial charge in [0.15, 0.2) is 0 Å². The van der Waals surface area contributed by atoms with E-state index < -0.39 is 5.60 Å². The Morgan fingerprint density at radius 1 is 1.28 bits per heavy atom. The second kappa shape index (κ2) is 6.53. The normalized spacial score (nSPS) is 20.3. The van der Waals surface area contributed by atoms with Crippen LogP contribution in [-0.4, -0.2) is 59.1 Å². The first-order valence-corrected chi connectivity index (χ1v) is 7.03. The molecule has 0 radical (unpaired) electrons. The molecule has 1 saturated heterocycles. The van der Waals surface area contributed by atoms with Crippen LogP contribution >= 0.6 is 0 Å². The Labute approximate surface area is 111 Å². The van der Waals surface area contributed by atoms with Crippen molar-refractivity contribution in [2.75, 3.05) is 26.7 Å². The van der Waals surface area contributed by atoms with Gasteiger partial charge in [-0.15, -0.1) is 0 Å². The van der Waals surface area contributed by atoms with Crippen molar-refractivity contribution in [1.29, 1.82) is 0 Å². The molecule has 1 aliphatic heterocycles. The molecule has 0 spiro atoms. The Morgan fingerprint density at radius 2 is 1.78 bits per heavy atom. The summed E-state index contributed by atoms with van der Waals surface area (Å²) in [4.78, 5) is 16.2. The predicted octanol–water partition coefficient (Wildman–Crippen LogP) is 1.48. The van der Waals surface area contributed by atoms with Crippen molar-refractivity contribution in [1.82, 2.24) is 9.80 Å². The van der Waals surface area contributed by atoms with Crippen LogP contribution in [-0.2, 0) is 4.79 Å². The highest BCUT2D eigenvalue weighted by Crippen LogP contribution is 2.14. The van der Waals surface area contributed by atoms with Gasteiger partial charge in [-0.05, 0) is 46.7 Å². The van der Waals surface area contributed by atoms with Crippen molar-refractivity contribution in [2.45, 2.75) is 58.1 Å². The molecule has 0 aromatic heterocycles. The van der Waals surface area contributed by atoms with Gasteiger partial charge in [-0.25, -0.2) is 0 Å². The van der Waals surface area contributed by atoms with Crippen LogP contribution in [0.15, 0.2) is 0 Å². The van der Waals surface area contributed by atoms with E-state index in [0.29, 0.717) is 6.54 Å². The molecule has 4 heteroatoms. The lowest BCUT2D eigenvalue weighted by atomic mass is 10.1. The van der Waals surface area contributed by atoms with E-state index in [1.807, 2.05) is 6.92 Å². The number of likely N-dealkylation sites (N-methyl/N-ethyl adjacent to an activating group) is 1. The lowest BCUT2D eigenvalue weighted by Crippen LogP contribution is -2.49. The fourth-order valence-electron chi connectivity index (χ4n) is 2.62. The number of carbonyl (C=O) groups excluding carboxylic acids is 1. The average Bonchev–Trinajstić information content (AvgIpc) is 2.53. The largest absolute Gasteiger partial charge is 0.389 e. The Hall–Kier alpha value is -0.610. The SMILES string of the molecule is CC(C(=O)N(C)CC(C)(C)O)N1CCCCCC1. The summed E-state index contributed by atoms with van der Waals surface area (Å²) in [5.74, 6) is 0.110. The minimum atomic E-state index is -0.830. The van der Waals surface area contributed by atoms with Gasteiger partial charge in [0.1, 0.15) is 0 Å². The first kappa shape index (κ1) is 15.4. The maximum atomic E-state index is 12.3. The van der Waals surface area contributed by atoms with Crippen LogP contribution in [0.3, 0.4) is 0 Å². The van der Waals surface area contributed by atoms with Gasteiger partial charge in [0, 0.05) is 13.6 Å². The van der Waals surface area contributed by atoms with Crippen LogP contribution in [0.5, 0.6) is 0 Å². The molecule has 1 fully saturated rings.